The Balaban J connectivity index is 1.67. The van der Waals surface area contributed by atoms with E-state index in [0.717, 1.165) is 35.6 Å². The van der Waals surface area contributed by atoms with Crippen molar-refractivity contribution in [2.45, 2.75) is 6.54 Å². The van der Waals surface area contributed by atoms with Gasteiger partial charge in [-0.15, -0.1) is 0 Å². The fraction of sp³-hybridized carbons (Fsp3) is 0.0952. The van der Waals surface area contributed by atoms with Gasteiger partial charge in [-0.3, -0.25) is 15.1 Å². The molecule has 0 atom stereocenters. The maximum atomic E-state index is 10.9. The van der Waals surface area contributed by atoms with E-state index >= 15 is 0 Å². The van der Waals surface area contributed by atoms with E-state index in [-0.39, 0.29) is 10.6 Å². The van der Waals surface area contributed by atoms with E-state index in [2.05, 4.69) is 28.1 Å². The van der Waals surface area contributed by atoms with Crippen molar-refractivity contribution in [3.05, 3.63) is 88.5 Å². The van der Waals surface area contributed by atoms with Gasteiger partial charge in [-0.05, 0) is 41.0 Å². The number of nitrogens with zero attached hydrogens (tertiary/aromatic N) is 3. The predicted molar refractivity (Wildman–Crippen MR) is 104 cm³/mol. The van der Waals surface area contributed by atoms with Gasteiger partial charge in [0, 0.05) is 24.9 Å². The lowest BCUT2D eigenvalue weighted by atomic mass is 9.98. The molecule has 0 spiro atoms. The molecule has 0 saturated heterocycles. The average Bonchev–Trinajstić information content (AvgIpc) is 2.69. The van der Waals surface area contributed by atoms with Crippen LogP contribution >= 0.6 is 0 Å². The number of hydrogen-bond donors (Lipinski definition) is 0. The highest BCUT2D eigenvalue weighted by atomic mass is 16.6. The van der Waals surface area contributed by atoms with Crippen LogP contribution in [0.5, 0.6) is 0 Å². The predicted octanol–water partition coefficient (Wildman–Crippen LogP) is 4.98. The second-order valence-corrected chi connectivity index (χ2v) is 6.14. The number of hydrogen-bond acceptors (Lipinski definition) is 4. The third kappa shape index (κ3) is 3.07. The van der Waals surface area contributed by atoms with Gasteiger partial charge in [0.2, 0.25) is 0 Å². The zero-order valence-electron chi connectivity index (χ0n) is 14.1. The molecule has 0 aliphatic carbocycles. The number of non-ortho nitro benzene ring substituents is 1. The monoisotopic (exact) mass is 343 g/mol. The van der Waals surface area contributed by atoms with Crippen molar-refractivity contribution in [3.8, 4) is 11.1 Å². The molecule has 1 heterocycles. The van der Waals surface area contributed by atoms with Crippen molar-refractivity contribution in [3.63, 3.8) is 0 Å². The van der Waals surface area contributed by atoms with Crippen LogP contribution in [-0.2, 0) is 6.54 Å². The molecule has 1 aliphatic heterocycles. The van der Waals surface area contributed by atoms with Crippen molar-refractivity contribution in [2.75, 3.05) is 11.4 Å². The fourth-order valence-corrected chi connectivity index (χ4v) is 3.23. The molecule has 0 bridgehead atoms. The van der Waals surface area contributed by atoms with Gasteiger partial charge in [0.05, 0.1) is 22.8 Å². The maximum absolute atomic E-state index is 10.9. The molecule has 1 aliphatic rings. The number of nitro groups is 1. The highest BCUT2D eigenvalue weighted by molar-refractivity contribution is 5.82. The molecule has 0 N–H and O–H groups in total. The summed E-state index contributed by atoms with van der Waals surface area (Å²) in [4.78, 5) is 17.3. The molecule has 128 valence electrons. The highest BCUT2D eigenvalue weighted by Gasteiger charge is 2.16. The minimum atomic E-state index is -0.375. The lowest BCUT2D eigenvalue weighted by molar-refractivity contribution is -0.384. The van der Waals surface area contributed by atoms with E-state index in [4.69, 9.17) is 0 Å². The summed E-state index contributed by atoms with van der Waals surface area (Å²) in [5.74, 6) is 0. The Hall–Kier alpha value is -3.47. The van der Waals surface area contributed by atoms with Gasteiger partial charge in [-0.2, -0.15) is 0 Å². The Labute approximate surface area is 151 Å². The number of benzene rings is 3. The first kappa shape index (κ1) is 16.0. The van der Waals surface area contributed by atoms with Crippen LogP contribution in [0.15, 0.2) is 77.8 Å². The number of anilines is 1. The molecule has 0 radical (unpaired) electrons. The minimum absolute atomic E-state index is 0.104. The van der Waals surface area contributed by atoms with E-state index < -0.39 is 0 Å². The third-order valence-corrected chi connectivity index (χ3v) is 4.52. The van der Waals surface area contributed by atoms with Crippen molar-refractivity contribution >= 4 is 23.3 Å². The van der Waals surface area contributed by atoms with Gasteiger partial charge in [0.15, 0.2) is 0 Å². The van der Waals surface area contributed by atoms with Gasteiger partial charge in [0.1, 0.15) is 0 Å². The molecule has 5 nitrogen and oxygen atoms in total. The SMILES string of the molecule is O=[N+]([O-])c1ccc(-c2ccccc2CN2CC=Nc3ccccc32)cc1. The van der Waals surface area contributed by atoms with Crippen molar-refractivity contribution in [2.24, 2.45) is 4.99 Å². The summed E-state index contributed by atoms with van der Waals surface area (Å²) in [6, 6.07) is 23.0. The van der Waals surface area contributed by atoms with Gasteiger partial charge >= 0.3 is 0 Å². The number of nitro benzene ring substituents is 1. The smallest absolute Gasteiger partial charge is 0.269 e. The summed E-state index contributed by atoms with van der Waals surface area (Å²) >= 11 is 0. The van der Waals surface area contributed by atoms with E-state index in [1.807, 2.05) is 48.7 Å². The number of para-hydroxylation sites is 2. The highest BCUT2D eigenvalue weighted by Crippen LogP contribution is 2.33. The Morgan fingerprint density at radius 1 is 0.962 bits per heavy atom. The molecular formula is C21H17N3O2. The maximum Gasteiger partial charge on any atom is 0.269 e. The second-order valence-electron chi connectivity index (χ2n) is 6.14. The summed E-state index contributed by atoms with van der Waals surface area (Å²) in [6.45, 7) is 1.50. The molecule has 3 aromatic carbocycles. The van der Waals surface area contributed by atoms with Gasteiger partial charge in [-0.25, -0.2) is 0 Å². The third-order valence-electron chi connectivity index (χ3n) is 4.52. The number of aliphatic imine (C=N–C) groups is 1. The Kier molecular flexibility index (Phi) is 4.19. The summed E-state index contributed by atoms with van der Waals surface area (Å²) in [6.07, 6.45) is 1.93. The van der Waals surface area contributed by atoms with Crippen LogP contribution in [0.4, 0.5) is 17.1 Å². The summed E-state index contributed by atoms with van der Waals surface area (Å²) in [5, 5.41) is 10.9. The van der Waals surface area contributed by atoms with E-state index in [1.54, 1.807) is 12.1 Å². The molecule has 0 aromatic heterocycles. The van der Waals surface area contributed by atoms with Crippen molar-refractivity contribution in [1.29, 1.82) is 0 Å². The molecule has 26 heavy (non-hydrogen) atoms. The largest absolute Gasteiger partial charge is 0.360 e. The normalized spacial score (nSPS) is 12.7. The fourth-order valence-electron chi connectivity index (χ4n) is 3.23. The van der Waals surface area contributed by atoms with Crippen molar-refractivity contribution < 1.29 is 4.92 Å². The van der Waals surface area contributed by atoms with Crippen LogP contribution in [-0.4, -0.2) is 17.7 Å². The number of rotatable bonds is 4. The van der Waals surface area contributed by atoms with E-state index in [1.165, 1.54) is 5.56 Å². The van der Waals surface area contributed by atoms with Gasteiger partial charge in [0.25, 0.3) is 5.69 Å². The first-order chi connectivity index (χ1) is 12.7. The first-order valence-corrected chi connectivity index (χ1v) is 8.41. The molecular weight excluding hydrogens is 326 g/mol. The van der Waals surface area contributed by atoms with Crippen LogP contribution in [0.3, 0.4) is 0 Å². The Morgan fingerprint density at radius 3 is 2.50 bits per heavy atom. The van der Waals surface area contributed by atoms with Crippen LogP contribution in [0, 0.1) is 10.1 Å². The van der Waals surface area contributed by atoms with Gasteiger partial charge in [-0.1, -0.05) is 36.4 Å². The zero-order valence-corrected chi connectivity index (χ0v) is 14.1. The molecule has 0 saturated carbocycles. The molecule has 0 unspecified atom stereocenters. The number of fused-ring (bicyclic) bond motifs is 1. The van der Waals surface area contributed by atoms with Crippen LogP contribution in [0.2, 0.25) is 0 Å². The lowest BCUT2D eigenvalue weighted by Crippen LogP contribution is -2.27. The van der Waals surface area contributed by atoms with E-state index in [9.17, 15) is 10.1 Å². The standard InChI is InChI=1S/C21H17N3O2/c25-24(26)18-11-9-16(10-12-18)19-6-2-1-5-17(19)15-23-14-13-22-20-7-3-4-8-21(20)23/h1-13H,14-15H2. The molecule has 3 aromatic rings. The first-order valence-electron chi connectivity index (χ1n) is 8.41. The Bertz CT molecular complexity index is 981. The molecule has 0 amide bonds. The summed E-state index contributed by atoms with van der Waals surface area (Å²) in [7, 11) is 0. The zero-order chi connectivity index (χ0) is 17.9. The van der Waals surface area contributed by atoms with E-state index in [0.29, 0.717) is 0 Å². The summed E-state index contributed by atoms with van der Waals surface area (Å²) in [5.41, 5.74) is 5.44. The van der Waals surface area contributed by atoms with Crippen LogP contribution in [0.25, 0.3) is 11.1 Å². The Morgan fingerprint density at radius 2 is 1.69 bits per heavy atom. The van der Waals surface area contributed by atoms with Crippen molar-refractivity contribution in [1.82, 2.24) is 0 Å². The van der Waals surface area contributed by atoms with Crippen LogP contribution in [0.1, 0.15) is 5.56 Å². The van der Waals surface area contributed by atoms with Gasteiger partial charge < -0.3 is 4.90 Å². The quantitative estimate of drug-likeness (QED) is 0.495. The topological polar surface area (TPSA) is 58.7 Å². The molecule has 5 heteroatoms. The molecule has 4 rings (SSSR count). The summed E-state index contributed by atoms with van der Waals surface area (Å²) < 4.78 is 0. The molecule has 0 fully saturated rings. The second kappa shape index (κ2) is 6.80. The van der Waals surface area contributed by atoms with Crippen LogP contribution < -0.4 is 4.90 Å². The minimum Gasteiger partial charge on any atom is -0.360 e. The lowest BCUT2D eigenvalue weighted by Gasteiger charge is -2.28. The average molecular weight is 343 g/mol.